The third-order valence-electron chi connectivity index (χ3n) is 5.87. The van der Waals surface area contributed by atoms with E-state index < -0.39 is 11.5 Å². The first-order valence-corrected chi connectivity index (χ1v) is 10.9. The SMILES string of the molecule is CC(C)(C)c1ccc([C@@](C)(C(=O)N[C@@H](CO)c2ccccc2)c2cccc(Cl)c2)cc1. The van der Waals surface area contributed by atoms with Gasteiger partial charge in [-0.25, -0.2) is 0 Å². The molecule has 3 nitrogen and oxygen atoms in total. The van der Waals surface area contributed by atoms with E-state index in [1.54, 1.807) is 6.07 Å². The maximum Gasteiger partial charge on any atom is 0.235 e. The summed E-state index contributed by atoms with van der Waals surface area (Å²) in [5, 5.41) is 13.6. The number of nitrogens with one attached hydrogen (secondary N) is 1. The van der Waals surface area contributed by atoms with E-state index in [4.69, 9.17) is 11.6 Å². The van der Waals surface area contributed by atoms with Gasteiger partial charge in [0.15, 0.2) is 0 Å². The molecule has 2 atom stereocenters. The molecule has 162 valence electrons. The molecule has 1 amide bonds. The normalized spacial score (nSPS) is 14.5. The summed E-state index contributed by atoms with van der Waals surface area (Å²) in [6.45, 7) is 8.20. The van der Waals surface area contributed by atoms with Gasteiger partial charge in [0.1, 0.15) is 0 Å². The van der Waals surface area contributed by atoms with Gasteiger partial charge in [-0.1, -0.05) is 99.1 Å². The van der Waals surface area contributed by atoms with Crippen LogP contribution in [-0.2, 0) is 15.6 Å². The second-order valence-electron chi connectivity index (χ2n) is 9.08. The van der Waals surface area contributed by atoms with E-state index in [9.17, 15) is 9.90 Å². The Balaban J connectivity index is 2.05. The highest BCUT2D eigenvalue weighted by atomic mass is 35.5. The first kappa shape index (κ1) is 23.1. The molecule has 3 aromatic rings. The van der Waals surface area contributed by atoms with E-state index in [1.807, 2.05) is 67.6 Å². The number of rotatable bonds is 6. The molecule has 3 aromatic carbocycles. The Morgan fingerprint density at radius 2 is 1.48 bits per heavy atom. The van der Waals surface area contributed by atoms with Crippen LogP contribution < -0.4 is 5.32 Å². The van der Waals surface area contributed by atoms with Crippen LogP contribution in [0.5, 0.6) is 0 Å². The predicted molar refractivity (Wildman–Crippen MR) is 127 cm³/mol. The zero-order chi connectivity index (χ0) is 22.6. The van der Waals surface area contributed by atoms with Crippen molar-refractivity contribution in [3.8, 4) is 0 Å². The Morgan fingerprint density at radius 3 is 2.03 bits per heavy atom. The van der Waals surface area contributed by atoms with Crippen LogP contribution in [0.15, 0.2) is 78.9 Å². The topological polar surface area (TPSA) is 49.3 Å². The first-order valence-electron chi connectivity index (χ1n) is 10.5. The number of aliphatic hydroxyl groups excluding tert-OH is 1. The third kappa shape index (κ3) is 5.00. The lowest BCUT2D eigenvalue weighted by Crippen LogP contribution is -2.45. The van der Waals surface area contributed by atoms with E-state index in [-0.39, 0.29) is 17.9 Å². The smallest absolute Gasteiger partial charge is 0.235 e. The molecule has 0 aliphatic rings. The van der Waals surface area contributed by atoms with Gasteiger partial charge < -0.3 is 10.4 Å². The number of amides is 1. The van der Waals surface area contributed by atoms with Crippen molar-refractivity contribution in [3.05, 3.63) is 106 Å². The number of hydrogen-bond donors (Lipinski definition) is 2. The highest BCUT2D eigenvalue weighted by Crippen LogP contribution is 2.35. The Bertz CT molecular complexity index is 1030. The summed E-state index contributed by atoms with van der Waals surface area (Å²) in [6.07, 6.45) is 0. The van der Waals surface area contributed by atoms with Gasteiger partial charge in [-0.3, -0.25) is 4.79 Å². The fraction of sp³-hybridized carbons (Fsp3) is 0.296. The monoisotopic (exact) mass is 435 g/mol. The van der Waals surface area contributed by atoms with Crippen LogP contribution in [0, 0.1) is 0 Å². The molecule has 0 aliphatic heterocycles. The van der Waals surface area contributed by atoms with Gasteiger partial charge in [0.25, 0.3) is 0 Å². The molecular weight excluding hydrogens is 406 g/mol. The molecule has 0 bridgehead atoms. The second kappa shape index (κ2) is 9.25. The fourth-order valence-electron chi connectivity index (χ4n) is 3.75. The molecule has 4 heteroatoms. The van der Waals surface area contributed by atoms with Gasteiger partial charge >= 0.3 is 0 Å². The maximum atomic E-state index is 13.7. The molecule has 31 heavy (non-hydrogen) atoms. The summed E-state index contributed by atoms with van der Waals surface area (Å²) in [6, 6.07) is 24.6. The zero-order valence-corrected chi connectivity index (χ0v) is 19.3. The first-order chi connectivity index (χ1) is 14.7. The second-order valence-corrected chi connectivity index (χ2v) is 9.52. The van der Waals surface area contributed by atoms with E-state index >= 15 is 0 Å². The van der Waals surface area contributed by atoms with Crippen molar-refractivity contribution in [3.63, 3.8) is 0 Å². The Labute approximate surface area is 190 Å². The van der Waals surface area contributed by atoms with Gasteiger partial charge in [-0.2, -0.15) is 0 Å². The lowest BCUT2D eigenvalue weighted by atomic mass is 9.74. The fourth-order valence-corrected chi connectivity index (χ4v) is 3.94. The molecule has 0 aromatic heterocycles. The molecule has 0 aliphatic carbocycles. The summed E-state index contributed by atoms with van der Waals surface area (Å²) in [7, 11) is 0. The standard InChI is InChI=1S/C27H30ClNO2/c1-26(2,3)20-13-15-21(16-14-20)27(4,22-11-8-12-23(28)17-22)25(31)29-24(18-30)19-9-6-5-7-10-19/h5-17,24,30H,18H2,1-4H3,(H,29,31)/t24-,27+/m0/s1. The van der Waals surface area contributed by atoms with E-state index in [1.165, 1.54) is 5.56 Å². The number of hydrogen-bond acceptors (Lipinski definition) is 2. The molecule has 3 rings (SSSR count). The van der Waals surface area contributed by atoms with Gasteiger partial charge in [-0.05, 0) is 46.7 Å². The average molecular weight is 436 g/mol. The minimum absolute atomic E-state index is 0.0164. The maximum absolute atomic E-state index is 13.7. The van der Waals surface area contributed by atoms with E-state index in [0.717, 1.165) is 16.7 Å². The molecular formula is C27H30ClNO2. The van der Waals surface area contributed by atoms with Gasteiger partial charge in [0, 0.05) is 5.02 Å². The summed E-state index contributed by atoms with van der Waals surface area (Å²) in [5.41, 5.74) is 2.75. The lowest BCUT2D eigenvalue weighted by molar-refractivity contribution is -0.126. The minimum Gasteiger partial charge on any atom is -0.394 e. The van der Waals surface area contributed by atoms with Gasteiger partial charge in [0.2, 0.25) is 5.91 Å². The molecule has 2 N–H and O–H groups in total. The van der Waals surface area contributed by atoms with Crippen molar-refractivity contribution >= 4 is 17.5 Å². The van der Waals surface area contributed by atoms with Crippen molar-refractivity contribution in [2.45, 2.75) is 44.6 Å². The van der Waals surface area contributed by atoms with Crippen molar-refractivity contribution in [1.29, 1.82) is 0 Å². The zero-order valence-electron chi connectivity index (χ0n) is 18.5. The number of carbonyl (C=O) groups is 1. The van der Waals surface area contributed by atoms with Crippen molar-refractivity contribution in [1.82, 2.24) is 5.32 Å². The Hall–Kier alpha value is -2.62. The Kier molecular flexibility index (Phi) is 6.88. The van der Waals surface area contributed by atoms with Crippen LogP contribution in [0.2, 0.25) is 5.02 Å². The minimum atomic E-state index is -0.983. The van der Waals surface area contributed by atoms with Crippen molar-refractivity contribution in [2.24, 2.45) is 0 Å². The summed E-state index contributed by atoms with van der Waals surface area (Å²) in [4.78, 5) is 13.7. The Morgan fingerprint density at radius 1 is 0.871 bits per heavy atom. The van der Waals surface area contributed by atoms with Crippen LogP contribution >= 0.6 is 11.6 Å². The number of halogens is 1. The summed E-state index contributed by atoms with van der Waals surface area (Å²) >= 11 is 6.29. The number of aliphatic hydroxyl groups is 1. The van der Waals surface area contributed by atoms with E-state index in [0.29, 0.717) is 5.02 Å². The average Bonchev–Trinajstić information content (AvgIpc) is 2.76. The molecule has 0 radical (unpaired) electrons. The van der Waals surface area contributed by atoms with Crippen LogP contribution in [0.25, 0.3) is 0 Å². The predicted octanol–water partition coefficient (Wildman–Crippen LogP) is 5.79. The molecule has 0 heterocycles. The third-order valence-corrected chi connectivity index (χ3v) is 6.11. The number of benzene rings is 3. The van der Waals surface area contributed by atoms with Crippen LogP contribution in [0.4, 0.5) is 0 Å². The highest BCUT2D eigenvalue weighted by molar-refractivity contribution is 6.30. The van der Waals surface area contributed by atoms with Gasteiger partial charge in [-0.15, -0.1) is 0 Å². The number of carbonyl (C=O) groups excluding carboxylic acids is 1. The molecule has 0 saturated heterocycles. The lowest BCUT2D eigenvalue weighted by Gasteiger charge is -2.32. The van der Waals surface area contributed by atoms with Gasteiger partial charge in [0.05, 0.1) is 18.1 Å². The molecule has 0 fully saturated rings. The quantitative estimate of drug-likeness (QED) is 0.514. The molecule has 0 saturated carbocycles. The van der Waals surface area contributed by atoms with Crippen LogP contribution in [-0.4, -0.2) is 17.6 Å². The van der Waals surface area contributed by atoms with Crippen molar-refractivity contribution < 1.29 is 9.90 Å². The highest BCUT2D eigenvalue weighted by Gasteiger charge is 2.38. The van der Waals surface area contributed by atoms with Crippen LogP contribution in [0.1, 0.15) is 56.0 Å². The summed E-state index contributed by atoms with van der Waals surface area (Å²) in [5.74, 6) is -0.193. The largest absolute Gasteiger partial charge is 0.394 e. The van der Waals surface area contributed by atoms with E-state index in [2.05, 4.69) is 38.2 Å². The van der Waals surface area contributed by atoms with Crippen LogP contribution in [0.3, 0.4) is 0 Å². The summed E-state index contributed by atoms with van der Waals surface area (Å²) < 4.78 is 0. The van der Waals surface area contributed by atoms with Crippen molar-refractivity contribution in [2.75, 3.05) is 6.61 Å². The molecule has 0 spiro atoms. The molecule has 0 unspecified atom stereocenters.